The average Bonchev–Trinajstić information content (AvgIpc) is 3.25. The molecule has 0 fully saturated rings. The van der Waals surface area contributed by atoms with Crippen LogP contribution in [0.25, 0.3) is 5.95 Å². The molecule has 1 aromatic carbocycles. The first-order valence-corrected chi connectivity index (χ1v) is 9.24. The number of anilines is 1. The van der Waals surface area contributed by atoms with Crippen LogP contribution in [0.5, 0.6) is 0 Å². The van der Waals surface area contributed by atoms with E-state index in [0.29, 0.717) is 24.5 Å². The molecule has 29 heavy (non-hydrogen) atoms. The van der Waals surface area contributed by atoms with Crippen molar-refractivity contribution in [2.45, 2.75) is 39.7 Å². The van der Waals surface area contributed by atoms with Crippen LogP contribution in [0.3, 0.4) is 0 Å². The predicted molar refractivity (Wildman–Crippen MR) is 102 cm³/mol. The monoisotopic (exact) mass is 399 g/mol. The van der Waals surface area contributed by atoms with E-state index in [-0.39, 0.29) is 23.7 Å². The van der Waals surface area contributed by atoms with Crippen molar-refractivity contribution in [1.29, 1.82) is 0 Å². The van der Waals surface area contributed by atoms with Crippen LogP contribution in [0.1, 0.15) is 29.1 Å². The van der Waals surface area contributed by atoms with Gasteiger partial charge in [0, 0.05) is 17.3 Å². The van der Waals surface area contributed by atoms with Crippen LogP contribution in [0.4, 0.5) is 14.5 Å². The molecule has 2 heterocycles. The molecule has 0 saturated carbocycles. The largest absolute Gasteiger partial charge is 0.322 e. The van der Waals surface area contributed by atoms with Crippen LogP contribution in [0.2, 0.25) is 0 Å². The van der Waals surface area contributed by atoms with Crippen molar-refractivity contribution >= 4 is 11.6 Å². The minimum Gasteiger partial charge on any atom is -0.322 e. The summed E-state index contributed by atoms with van der Waals surface area (Å²) in [5.74, 6) is -2.01. The number of aryl methyl sites for hydroxylation is 3. The molecule has 0 aliphatic heterocycles. The maximum Gasteiger partial charge on any atom is 0.258 e. The molecule has 150 valence electrons. The summed E-state index contributed by atoms with van der Waals surface area (Å²) in [5, 5.41) is 6.77. The molecular formula is C20H19F2N5O2. The zero-order valence-corrected chi connectivity index (χ0v) is 16.0. The smallest absolute Gasteiger partial charge is 0.258 e. The first-order chi connectivity index (χ1) is 13.8. The van der Waals surface area contributed by atoms with E-state index >= 15 is 0 Å². The minimum absolute atomic E-state index is 0.161. The highest BCUT2D eigenvalue weighted by Crippen LogP contribution is 2.20. The molecule has 4 rings (SSSR count). The molecular weight excluding hydrogens is 380 g/mol. The summed E-state index contributed by atoms with van der Waals surface area (Å²) >= 11 is 0. The summed E-state index contributed by atoms with van der Waals surface area (Å²) in [4.78, 5) is 30.2. The fourth-order valence-corrected chi connectivity index (χ4v) is 3.58. The predicted octanol–water partition coefficient (Wildman–Crippen LogP) is 2.45. The summed E-state index contributed by atoms with van der Waals surface area (Å²) in [5.41, 5.74) is 2.37. The van der Waals surface area contributed by atoms with Crippen LogP contribution in [0, 0.1) is 25.5 Å². The van der Waals surface area contributed by atoms with Gasteiger partial charge in [-0.1, -0.05) is 0 Å². The Bertz CT molecular complexity index is 1180. The number of nitrogens with zero attached hydrogens (tertiary/aromatic N) is 4. The lowest BCUT2D eigenvalue weighted by molar-refractivity contribution is -0.116. The zero-order valence-electron chi connectivity index (χ0n) is 16.0. The maximum absolute atomic E-state index is 13.9. The first kappa shape index (κ1) is 19.0. The Balaban J connectivity index is 1.73. The molecule has 1 N–H and O–H groups in total. The zero-order chi connectivity index (χ0) is 20.7. The summed E-state index contributed by atoms with van der Waals surface area (Å²) < 4.78 is 29.7. The third-order valence-corrected chi connectivity index (χ3v) is 4.87. The standard InChI is InChI=1S/C20H19F2N5O2/c1-11-8-12(2)27(25-11)20-24-16-5-3-4-14(16)19(29)26(20)10-18(28)23-17-7-6-13(21)9-15(17)22/h6-9H,3-5,10H2,1-2H3,(H,23,28). The van der Waals surface area contributed by atoms with Gasteiger partial charge in [-0.2, -0.15) is 5.10 Å². The van der Waals surface area contributed by atoms with Crippen LogP contribution < -0.4 is 10.9 Å². The fourth-order valence-electron chi connectivity index (χ4n) is 3.58. The van der Waals surface area contributed by atoms with Gasteiger partial charge >= 0.3 is 0 Å². The van der Waals surface area contributed by atoms with Crippen molar-refractivity contribution < 1.29 is 13.6 Å². The Kier molecular flexibility index (Phi) is 4.73. The molecule has 1 aliphatic rings. The van der Waals surface area contributed by atoms with Crippen LogP contribution in [0.15, 0.2) is 29.1 Å². The van der Waals surface area contributed by atoms with Gasteiger partial charge in [-0.05, 0) is 51.3 Å². The van der Waals surface area contributed by atoms with Gasteiger partial charge in [-0.3, -0.25) is 14.2 Å². The summed E-state index contributed by atoms with van der Waals surface area (Å²) in [6.07, 6.45) is 2.13. The highest BCUT2D eigenvalue weighted by molar-refractivity contribution is 5.90. The number of hydrogen-bond donors (Lipinski definition) is 1. The molecule has 0 bridgehead atoms. The van der Waals surface area contributed by atoms with E-state index in [4.69, 9.17) is 0 Å². The molecule has 0 radical (unpaired) electrons. The first-order valence-electron chi connectivity index (χ1n) is 9.24. The molecule has 0 spiro atoms. The molecule has 1 amide bonds. The van der Waals surface area contributed by atoms with E-state index < -0.39 is 17.5 Å². The lowest BCUT2D eigenvalue weighted by Gasteiger charge is -2.15. The van der Waals surface area contributed by atoms with Gasteiger partial charge < -0.3 is 5.32 Å². The second-order valence-electron chi connectivity index (χ2n) is 7.09. The maximum atomic E-state index is 13.9. The normalized spacial score (nSPS) is 12.8. The molecule has 1 aliphatic carbocycles. The van der Waals surface area contributed by atoms with Crippen molar-refractivity contribution in [3.8, 4) is 5.95 Å². The lowest BCUT2D eigenvalue weighted by atomic mass is 10.2. The van der Waals surface area contributed by atoms with Gasteiger partial charge in [0.25, 0.3) is 5.56 Å². The molecule has 9 heteroatoms. The molecule has 0 saturated heterocycles. The van der Waals surface area contributed by atoms with E-state index in [0.717, 1.165) is 35.6 Å². The van der Waals surface area contributed by atoms with Gasteiger partial charge in [-0.25, -0.2) is 18.4 Å². The third-order valence-electron chi connectivity index (χ3n) is 4.87. The number of halogens is 2. The van der Waals surface area contributed by atoms with E-state index in [2.05, 4.69) is 15.4 Å². The Morgan fingerprint density at radius 3 is 2.69 bits per heavy atom. The number of amides is 1. The summed E-state index contributed by atoms with van der Waals surface area (Å²) in [7, 11) is 0. The molecule has 0 atom stereocenters. The van der Waals surface area contributed by atoms with Crippen molar-refractivity contribution in [3.63, 3.8) is 0 Å². The van der Waals surface area contributed by atoms with Crippen LogP contribution in [-0.2, 0) is 24.2 Å². The van der Waals surface area contributed by atoms with Gasteiger partial charge in [0.05, 0.1) is 17.1 Å². The minimum atomic E-state index is -0.892. The van der Waals surface area contributed by atoms with Gasteiger partial charge in [0.15, 0.2) is 0 Å². The lowest BCUT2D eigenvalue weighted by Crippen LogP contribution is -2.34. The highest BCUT2D eigenvalue weighted by atomic mass is 19.1. The van der Waals surface area contributed by atoms with Gasteiger partial charge in [-0.15, -0.1) is 0 Å². The van der Waals surface area contributed by atoms with Crippen molar-refractivity contribution in [2.75, 3.05) is 5.32 Å². The van der Waals surface area contributed by atoms with E-state index in [1.165, 1.54) is 9.25 Å². The second-order valence-corrected chi connectivity index (χ2v) is 7.09. The molecule has 3 aromatic rings. The highest BCUT2D eigenvalue weighted by Gasteiger charge is 2.24. The number of carbonyl (C=O) groups is 1. The average molecular weight is 399 g/mol. The number of aromatic nitrogens is 4. The molecule has 7 nitrogen and oxygen atoms in total. The quantitative estimate of drug-likeness (QED) is 0.731. The molecule has 2 aromatic heterocycles. The summed E-state index contributed by atoms with van der Waals surface area (Å²) in [6, 6.07) is 4.70. The van der Waals surface area contributed by atoms with Crippen molar-refractivity contribution in [2.24, 2.45) is 0 Å². The fraction of sp³-hybridized carbons (Fsp3) is 0.300. The van der Waals surface area contributed by atoms with Crippen LogP contribution in [-0.4, -0.2) is 25.2 Å². The van der Waals surface area contributed by atoms with Gasteiger partial charge in [0.1, 0.15) is 18.2 Å². The third kappa shape index (κ3) is 3.55. The molecule has 0 unspecified atom stereocenters. The van der Waals surface area contributed by atoms with Crippen LogP contribution >= 0.6 is 0 Å². The van der Waals surface area contributed by atoms with E-state index in [1.807, 2.05) is 19.9 Å². The number of fused-ring (bicyclic) bond motifs is 1. The SMILES string of the molecule is Cc1cc(C)n(-c2nc3c(c(=O)n2CC(=O)Nc2ccc(F)cc2F)CCC3)n1. The van der Waals surface area contributed by atoms with Crippen molar-refractivity contribution in [1.82, 2.24) is 19.3 Å². The topological polar surface area (TPSA) is 81.8 Å². The van der Waals surface area contributed by atoms with E-state index in [9.17, 15) is 18.4 Å². The Morgan fingerprint density at radius 1 is 1.21 bits per heavy atom. The second kappa shape index (κ2) is 7.23. The Labute approximate surface area is 165 Å². The Hall–Kier alpha value is -3.36. The van der Waals surface area contributed by atoms with E-state index in [1.54, 1.807) is 0 Å². The van der Waals surface area contributed by atoms with Crippen molar-refractivity contribution in [3.05, 3.63) is 68.9 Å². The Morgan fingerprint density at radius 2 is 2.00 bits per heavy atom. The summed E-state index contributed by atoms with van der Waals surface area (Å²) in [6.45, 7) is 3.28. The number of rotatable bonds is 4. The number of nitrogens with one attached hydrogen (secondary N) is 1. The number of hydrogen-bond acceptors (Lipinski definition) is 4. The van der Waals surface area contributed by atoms with Gasteiger partial charge in [0.2, 0.25) is 11.9 Å². The number of benzene rings is 1. The number of carbonyl (C=O) groups excluding carboxylic acids is 1.